The number of nitrogens with one attached hydrogen (secondary N) is 2. The molecule has 0 aromatic heterocycles. The molecule has 80 valence electrons. The van der Waals surface area contributed by atoms with Crippen molar-refractivity contribution in [1.29, 1.82) is 0 Å². The van der Waals surface area contributed by atoms with Gasteiger partial charge in [0, 0.05) is 12.1 Å². The first-order valence-corrected chi connectivity index (χ1v) is 4.59. The average Bonchev–Trinajstić information content (AvgIpc) is 2.64. The summed E-state index contributed by atoms with van der Waals surface area (Å²) in [6.07, 6.45) is 0. The Balaban J connectivity index is 2.35. The van der Waals surface area contributed by atoms with E-state index in [2.05, 4.69) is 10.6 Å². The molecule has 1 aliphatic rings. The molecule has 1 fully saturated rings. The van der Waals surface area contributed by atoms with Crippen LogP contribution in [-0.2, 0) is 0 Å². The molecule has 4 nitrogen and oxygen atoms in total. The first-order chi connectivity index (χ1) is 7.22. The van der Waals surface area contributed by atoms with E-state index in [9.17, 15) is 9.18 Å². The van der Waals surface area contributed by atoms with Crippen molar-refractivity contribution in [3.05, 3.63) is 29.6 Å². The van der Waals surface area contributed by atoms with Gasteiger partial charge < -0.3 is 15.4 Å². The fraction of sp³-hybridized carbons (Fsp3) is 0.300. The van der Waals surface area contributed by atoms with E-state index < -0.39 is 5.82 Å². The van der Waals surface area contributed by atoms with Gasteiger partial charge in [0.05, 0.1) is 13.2 Å². The summed E-state index contributed by atoms with van der Waals surface area (Å²) in [7, 11) is 1.41. The molecule has 0 bridgehead atoms. The fourth-order valence-electron chi connectivity index (χ4n) is 1.66. The summed E-state index contributed by atoms with van der Waals surface area (Å²) in [6.45, 7) is 0.443. The number of urea groups is 1. The Hall–Kier alpha value is -1.78. The summed E-state index contributed by atoms with van der Waals surface area (Å²) in [5, 5.41) is 5.29. The molecule has 1 aliphatic heterocycles. The highest BCUT2D eigenvalue weighted by atomic mass is 19.1. The molecular weight excluding hydrogens is 199 g/mol. The van der Waals surface area contributed by atoms with E-state index >= 15 is 0 Å². The number of amides is 2. The van der Waals surface area contributed by atoms with Crippen LogP contribution in [0.3, 0.4) is 0 Å². The van der Waals surface area contributed by atoms with Gasteiger partial charge >= 0.3 is 6.03 Å². The van der Waals surface area contributed by atoms with E-state index in [0.717, 1.165) is 0 Å². The lowest BCUT2D eigenvalue weighted by Gasteiger charge is -2.13. The smallest absolute Gasteiger partial charge is 0.315 e. The number of hydrogen-bond acceptors (Lipinski definition) is 2. The monoisotopic (exact) mass is 210 g/mol. The van der Waals surface area contributed by atoms with Gasteiger partial charge in [-0.1, -0.05) is 12.1 Å². The zero-order chi connectivity index (χ0) is 10.8. The van der Waals surface area contributed by atoms with Gasteiger partial charge in [-0.05, 0) is 6.07 Å². The van der Waals surface area contributed by atoms with Gasteiger partial charge in [-0.3, -0.25) is 0 Å². The summed E-state index contributed by atoms with van der Waals surface area (Å²) in [5.41, 5.74) is 0.649. The first kappa shape index (κ1) is 9.76. The zero-order valence-corrected chi connectivity index (χ0v) is 8.21. The van der Waals surface area contributed by atoms with Crippen molar-refractivity contribution in [2.45, 2.75) is 6.04 Å². The van der Waals surface area contributed by atoms with E-state index in [1.54, 1.807) is 12.1 Å². The molecule has 2 rings (SSSR count). The Labute approximate surface area is 86.4 Å². The Kier molecular flexibility index (Phi) is 2.45. The number of carbonyl (C=O) groups excluding carboxylic acids is 1. The maximum Gasteiger partial charge on any atom is 0.315 e. The summed E-state index contributed by atoms with van der Waals surface area (Å²) in [4.78, 5) is 11.0. The van der Waals surface area contributed by atoms with Crippen LogP contribution in [0.4, 0.5) is 9.18 Å². The lowest BCUT2D eigenvalue weighted by Crippen LogP contribution is -2.22. The van der Waals surface area contributed by atoms with Gasteiger partial charge in [0.2, 0.25) is 0 Å². The van der Waals surface area contributed by atoms with Crippen molar-refractivity contribution >= 4 is 6.03 Å². The molecule has 0 aliphatic carbocycles. The van der Waals surface area contributed by atoms with E-state index in [0.29, 0.717) is 12.1 Å². The maximum absolute atomic E-state index is 13.3. The third kappa shape index (κ3) is 1.72. The molecule has 1 heterocycles. The SMILES string of the molecule is COc1c(F)cccc1[C@@H]1CNC(=O)N1. The molecule has 5 heteroatoms. The number of methoxy groups -OCH3 is 1. The largest absolute Gasteiger partial charge is 0.493 e. The second-order valence-corrected chi connectivity index (χ2v) is 3.27. The molecule has 0 saturated carbocycles. The van der Waals surface area contributed by atoms with Crippen LogP contribution in [0, 0.1) is 5.82 Å². The normalized spacial score (nSPS) is 19.6. The molecule has 0 unspecified atom stereocenters. The van der Waals surface area contributed by atoms with Crippen molar-refractivity contribution in [3.8, 4) is 5.75 Å². The predicted molar refractivity (Wildman–Crippen MR) is 52.2 cm³/mol. The van der Waals surface area contributed by atoms with Gasteiger partial charge in [-0.15, -0.1) is 0 Å². The fourth-order valence-corrected chi connectivity index (χ4v) is 1.66. The van der Waals surface area contributed by atoms with Gasteiger partial charge in [-0.25, -0.2) is 9.18 Å². The topological polar surface area (TPSA) is 50.4 Å². The molecule has 2 amide bonds. The molecule has 1 aromatic carbocycles. The van der Waals surface area contributed by atoms with Gasteiger partial charge in [0.1, 0.15) is 0 Å². The lowest BCUT2D eigenvalue weighted by atomic mass is 10.1. The van der Waals surface area contributed by atoms with Crippen molar-refractivity contribution in [2.24, 2.45) is 0 Å². The van der Waals surface area contributed by atoms with Crippen LogP contribution in [0.1, 0.15) is 11.6 Å². The summed E-state index contributed by atoms with van der Waals surface area (Å²) >= 11 is 0. The standard InChI is InChI=1S/C10H11FN2O2/c1-15-9-6(3-2-4-7(9)11)8-5-12-10(14)13-8/h2-4,8H,5H2,1H3,(H2,12,13,14)/t8-/m0/s1. The second kappa shape index (κ2) is 3.76. The number of hydrogen-bond donors (Lipinski definition) is 2. The van der Waals surface area contributed by atoms with E-state index in [4.69, 9.17) is 4.74 Å². The number of halogens is 1. The van der Waals surface area contributed by atoms with Gasteiger partial charge in [0.25, 0.3) is 0 Å². The van der Waals surface area contributed by atoms with E-state index in [-0.39, 0.29) is 17.8 Å². The Morgan fingerprint density at radius 1 is 1.53 bits per heavy atom. The molecule has 0 spiro atoms. The van der Waals surface area contributed by atoms with Crippen molar-refractivity contribution in [3.63, 3.8) is 0 Å². The highest BCUT2D eigenvalue weighted by Gasteiger charge is 2.25. The Bertz CT molecular complexity index is 395. The van der Waals surface area contributed by atoms with E-state index in [1.165, 1.54) is 13.2 Å². The molecule has 2 N–H and O–H groups in total. The predicted octanol–water partition coefficient (Wildman–Crippen LogP) is 1.19. The molecule has 0 radical (unpaired) electrons. The molecule has 15 heavy (non-hydrogen) atoms. The first-order valence-electron chi connectivity index (χ1n) is 4.59. The van der Waals surface area contributed by atoms with Crippen LogP contribution < -0.4 is 15.4 Å². The third-order valence-corrected chi connectivity index (χ3v) is 2.35. The van der Waals surface area contributed by atoms with Crippen molar-refractivity contribution < 1.29 is 13.9 Å². The van der Waals surface area contributed by atoms with Gasteiger partial charge in [0.15, 0.2) is 11.6 Å². The minimum atomic E-state index is -0.420. The van der Waals surface area contributed by atoms with Crippen LogP contribution >= 0.6 is 0 Å². The average molecular weight is 210 g/mol. The summed E-state index contributed by atoms with van der Waals surface area (Å²) < 4.78 is 18.3. The van der Waals surface area contributed by atoms with Crippen molar-refractivity contribution in [1.82, 2.24) is 10.6 Å². The highest BCUT2D eigenvalue weighted by Crippen LogP contribution is 2.28. The highest BCUT2D eigenvalue weighted by molar-refractivity contribution is 5.77. The Morgan fingerprint density at radius 2 is 2.33 bits per heavy atom. The minimum absolute atomic E-state index is 0.187. The molecule has 1 aromatic rings. The van der Waals surface area contributed by atoms with Crippen LogP contribution in [0.2, 0.25) is 0 Å². The maximum atomic E-state index is 13.3. The van der Waals surface area contributed by atoms with Crippen LogP contribution in [0.25, 0.3) is 0 Å². The number of benzene rings is 1. The quantitative estimate of drug-likeness (QED) is 0.770. The number of para-hydroxylation sites is 1. The van der Waals surface area contributed by atoms with Crippen LogP contribution in [0.15, 0.2) is 18.2 Å². The number of ether oxygens (including phenoxy) is 1. The lowest BCUT2D eigenvalue weighted by molar-refractivity contribution is 0.247. The molecule has 1 atom stereocenters. The number of rotatable bonds is 2. The van der Waals surface area contributed by atoms with Gasteiger partial charge in [-0.2, -0.15) is 0 Å². The van der Waals surface area contributed by atoms with Crippen LogP contribution in [-0.4, -0.2) is 19.7 Å². The Morgan fingerprint density at radius 3 is 2.93 bits per heavy atom. The summed E-state index contributed by atoms with van der Waals surface area (Å²) in [5.74, 6) is -0.234. The third-order valence-electron chi connectivity index (χ3n) is 2.35. The zero-order valence-electron chi connectivity index (χ0n) is 8.21. The van der Waals surface area contributed by atoms with E-state index in [1.807, 2.05) is 0 Å². The van der Waals surface area contributed by atoms with Crippen LogP contribution in [0.5, 0.6) is 5.75 Å². The summed E-state index contributed by atoms with van der Waals surface area (Å²) in [6, 6.07) is 4.18. The second-order valence-electron chi connectivity index (χ2n) is 3.27. The van der Waals surface area contributed by atoms with Crippen molar-refractivity contribution in [2.75, 3.05) is 13.7 Å². The number of carbonyl (C=O) groups is 1. The minimum Gasteiger partial charge on any atom is -0.493 e. The molecular formula is C10H11FN2O2. The molecule has 1 saturated heterocycles.